The first-order valence-corrected chi connectivity index (χ1v) is 24.2. The van der Waals surface area contributed by atoms with Crippen molar-refractivity contribution in [1.82, 2.24) is 29.8 Å². The molecule has 15 heteroatoms. The van der Waals surface area contributed by atoms with Gasteiger partial charge in [-0.05, 0) is 147 Å². The number of likely N-dealkylation sites (tertiary alicyclic amines) is 1. The Bertz CT molecular complexity index is 2030. The van der Waals surface area contributed by atoms with Gasteiger partial charge in [-0.3, -0.25) is 9.59 Å². The number of nitrogens with one attached hydrogen (secondary N) is 1. The van der Waals surface area contributed by atoms with Crippen LogP contribution >= 0.6 is 58.3 Å². The van der Waals surface area contributed by atoms with Crippen LogP contribution < -0.4 is 5.32 Å². The van der Waals surface area contributed by atoms with Crippen LogP contribution in [0.15, 0.2) is 36.4 Å². The molecule has 60 heavy (non-hydrogen) atoms. The average Bonchev–Trinajstić information content (AvgIpc) is 4.09. The molecule has 4 aromatic heterocycles. The number of rotatable bonds is 10. The molecule has 10 nitrogen and oxygen atoms in total. The van der Waals surface area contributed by atoms with Crippen LogP contribution in [0.3, 0.4) is 0 Å². The molecule has 1 amide bonds. The van der Waals surface area contributed by atoms with Gasteiger partial charge in [-0.1, -0.05) is 48.9 Å². The molecule has 6 heterocycles. The van der Waals surface area contributed by atoms with Crippen molar-refractivity contribution in [3.05, 3.63) is 77.6 Å². The smallest absolute Gasteiger partial charge is 0.410 e. The van der Waals surface area contributed by atoms with Crippen molar-refractivity contribution in [3.8, 4) is 0 Å². The van der Waals surface area contributed by atoms with E-state index in [1.165, 1.54) is 22.6 Å². The first-order chi connectivity index (χ1) is 28.4. The number of carbonyl (C=O) groups is 3. The Kier molecular flexibility index (Phi) is 16.8. The standard InChI is InChI=1S/C25H34ClN3O3S.C20H26ClN3OS.ClH/c1-25(2,3)32-24(31)28-14-12-17(13-15-28)21-16-19(8-9-20-10-11-22(26)33-20)29(27-21)23(30)18-6-4-5-7-18;21-19-8-7-17(26-19)6-5-16-13-18(14-9-11-22-12-10-14)23-24(16)20(25)15-3-1-2-4-15;/h10-11,16-18H,4-9,12-15H2,1-3H3;7-8,13-15,22H,1-6,9-12H2;1H. The number of carbonyl (C=O) groups excluding carboxylic acids is 3. The van der Waals surface area contributed by atoms with E-state index in [0.717, 1.165) is 134 Å². The highest BCUT2D eigenvalue weighted by Crippen LogP contribution is 2.33. The van der Waals surface area contributed by atoms with Crippen LogP contribution in [0.4, 0.5) is 4.79 Å². The number of ether oxygens (including phenoxy) is 1. The summed E-state index contributed by atoms with van der Waals surface area (Å²) in [7, 11) is 0. The molecule has 0 spiro atoms. The van der Waals surface area contributed by atoms with Crippen LogP contribution in [0.2, 0.25) is 8.67 Å². The van der Waals surface area contributed by atoms with E-state index >= 15 is 0 Å². The first kappa shape index (κ1) is 46.8. The fourth-order valence-corrected chi connectivity index (χ4v) is 11.2. The highest BCUT2D eigenvalue weighted by molar-refractivity contribution is 7.16. The Hall–Kier alpha value is -2.74. The fourth-order valence-electron chi connectivity index (χ4n) is 8.99. The summed E-state index contributed by atoms with van der Waals surface area (Å²) in [5.41, 5.74) is 3.65. The first-order valence-electron chi connectivity index (χ1n) is 21.8. The van der Waals surface area contributed by atoms with Crippen molar-refractivity contribution < 1.29 is 19.1 Å². The molecule has 2 aliphatic heterocycles. The number of nitrogens with zero attached hydrogens (tertiary/aromatic N) is 5. The monoisotopic (exact) mass is 918 g/mol. The van der Waals surface area contributed by atoms with Crippen LogP contribution in [-0.2, 0) is 30.4 Å². The third-order valence-corrected chi connectivity index (χ3v) is 14.8. The molecule has 8 rings (SSSR count). The molecule has 0 unspecified atom stereocenters. The van der Waals surface area contributed by atoms with Gasteiger partial charge in [0.2, 0.25) is 11.8 Å². The molecule has 4 aliphatic rings. The van der Waals surface area contributed by atoms with Crippen LogP contribution in [0.1, 0.15) is 152 Å². The van der Waals surface area contributed by atoms with Crippen molar-refractivity contribution in [2.75, 3.05) is 26.2 Å². The minimum atomic E-state index is -0.491. The van der Waals surface area contributed by atoms with Crippen LogP contribution in [0.5, 0.6) is 0 Å². The second-order valence-corrected chi connectivity index (χ2v) is 21.4. The van der Waals surface area contributed by atoms with Gasteiger partial charge in [0.05, 0.1) is 20.1 Å². The predicted octanol–water partition coefficient (Wildman–Crippen LogP) is 11.4. The van der Waals surface area contributed by atoms with Gasteiger partial charge in [0.15, 0.2) is 0 Å². The van der Waals surface area contributed by atoms with E-state index in [0.29, 0.717) is 19.0 Å². The summed E-state index contributed by atoms with van der Waals surface area (Å²) in [4.78, 5) is 43.0. The maximum absolute atomic E-state index is 13.3. The molecule has 0 radical (unpaired) electrons. The second-order valence-electron chi connectivity index (χ2n) is 17.8. The normalized spacial score (nSPS) is 18.3. The summed E-state index contributed by atoms with van der Waals surface area (Å²) in [6.07, 6.45) is 15.5. The lowest BCUT2D eigenvalue weighted by Gasteiger charge is -2.32. The summed E-state index contributed by atoms with van der Waals surface area (Å²) in [6.45, 7) is 9.03. The van der Waals surface area contributed by atoms with Crippen molar-refractivity contribution in [3.63, 3.8) is 0 Å². The summed E-state index contributed by atoms with van der Waals surface area (Å²) in [5.74, 6) is 1.32. The van der Waals surface area contributed by atoms with Gasteiger partial charge in [0.1, 0.15) is 5.60 Å². The van der Waals surface area contributed by atoms with Crippen LogP contribution in [0, 0.1) is 11.8 Å². The molecule has 4 aromatic rings. The highest BCUT2D eigenvalue weighted by Gasteiger charge is 2.32. The van der Waals surface area contributed by atoms with Crippen molar-refractivity contribution in [1.29, 1.82) is 0 Å². The van der Waals surface area contributed by atoms with Crippen LogP contribution in [0.25, 0.3) is 0 Å². The molecule has 0 bridgehead atoms. The second kappa shape index (κ2) is 21.6. The van der Waals surface area contributed by atoms with E-state index in [1.54, 1.807) is 36.9 Å². The molecular formula is C45H61Cl3N6O4S2. The maximum Gasteiger partial charge on any atom is 0.410 e. The van der Waals surface area contributed by atoms with Gasteiger partial charge in [0, 0.05) is 57.9 Å². The third-order valence-electron chi connectivity index (χ3n) is 12.3. The molecule has 4 fully saturated rings. The lowest BCUT2D eigenvalue weighted by atomic mass is 9.93. The van der Waals surface area contributed by atoms with Crippen molar-refractivity contribution in [2.24, 2.45) is 11.8 Å². The highest BCUT2D eigenvalue weighted by atomic mass is 35.5. The number of aromatic nitrogens is 4. The Morgan fingerprint density at radius 2 is 1.12 bits per heavy atom. The predicted molar refractivity (Wildman–Crippen MR) is 245 cm³/mol. The molecule has 2 aliphatic carbocycles. The van der Waals surface area contributed by atoms with E-state index in [1.807, 2.05) is 32.9 Å². The zero-order chi connectivity index (χ0) is 41.5. The zero-order valence-electron chi connectivity index (χ0n) is 35.3. The lowest BCUT2D eigenvalue weighted by Crippen LogP contribution is -2.41. The maximum atomic E-state index is 13.3. The van der Waals surface area contributed by atoms with E-state index < -0.39 is 5.60 Å². The Morgan fingerprint density at radius 1 is 0.683 bits per heavy atom. The van der Waals surface area contributed by atoms with Gasteiger partial charge in [-0.25, -0.2) is 14.2 Å². The summed E-state index contributed by atoms with van der Waals surface area (Å²) in [6, 6.07) is 12.3. The fraction of sp³-hybridized carbons (Fsp3) is 0.622. The Balaban J connectivity index is 0.000000203. The van der Waals surface area contributed by atoms with Gasteiger partial charge in [-0.15, -0.1) is 35.1 Å². The molecule has 328 valence electrons. The molecular weight excluding hydrogens is 859 g/mol. The SMILES string of the molecule is CC(C)(C)OC(=O)N1CCC(c2cc(CCc3ccc(Cl)s3)n(C(=O)C3CCCC3)n2)CC1.Cl.O=C(C1CCCC1)n1nc(C2CCNCC2)cc1CCc1ccc(Cl)s1. The van der Waals surface area contributed by atoms with Crippen LogP contribution in [-0.4, -0.2) is 74.1 Å². The van der Waals surface area contributed by atoms with E-state index in [2.05, 4.69) is 29.6 Å². The average molecular weight is 921 g/mol. The third kappa shape index (κ3) is 12.5. The number of hydrogen-bond donors (Lipinski definition) is 1. The number of piperidine rings is 2. The lowest BCUT2D eigenvalue weighted by molar-refractivity contribution is 0.0204. The molecule has 0 atom stereocenters. The van der Waals surface area contributed by atoms with Gasteiger partial charge in [-0.2, -0.15) is 10.2 Å². The van der Waals surface area contributed by atoms with Crippen molar-refractivity contribution in [2.45, 2.75) is 141 Å². The molecule has 1 N–H and O–H groups in total. The van der Waals surface area contributed by atoms with Gasteiger partial charge >= 0.3 is 6.09 Å². The van der Waals surface area contributed by atoms with E-state index in [-0.39, 0.29) is 48.1 Å². The number of halogens is 3. The summed E-state index contributed by atoms with van der Waals surface area (Å²) in [5, 5.41) is 13.1. The largest absolute Gasteiger partial charge is 0.444 e. The minimum Gasteiger partial charge on any atom is -0.444 e. The van der Waals surface area contributed by atoms with Gasteiger partial charge in [0.25, 0.3) is 0 Å². The number of amides is 1. The molecule has 0 aromatic carbocycles. The number of aryl methyl sites for hydroxylation is 4. The Morgan fingerprint density at radius 3 is 1.52 bits per heavy atom. The zero-order valence-corrected chi connectivity index (χ0v) is 39.2. The quantitative estimate of drug-likeness (QED) is 0.169. The summed E-state index contributed by atoms with van der Waals surface area (Å²) >= 11 is 15.4. The van der Waals surface area contributed by atoms with Crippen molar-refractivity contribution >= 4 is 76.2 Å². The number of hydrogen-bond acceptors (Lipinski definition) is 9. The number of thiophene rings is 2. The summed E-state index contributed by atoms with van der Waals surface area (Å²) < 4.78 is 10.6. The van der Waals surface area contributed by atoms with Gasteiger partial charge < -0.3 is 15.0 Å². The topological polar surface area (TPSA) is 111 Å². The molecule has 2 saturated heterocycles. The minimum absolute atomic E-state index is 0. The Labute approximate surface area is 379 Å². The molecule has 2 saturated carbocycles. The van der Waals surface area contributed by atoms with E-state index in [4.69, 9.17) is 38.1 Å². The van der Waals surface area contributed by atoms with E-state index in [9.17, 15) is 14.4 Å².